The van der Waals surface area contributed by atoms with E-state index in [1.165, 1.54) is 40.7 Å². The van der Waals surface area contributed by atoms with Crippen LogP contribution in [0.5, 0.6) is 0 Å². The maximum Gasteiger partial charge on any atom is 0.243 e. The van der Waals surface area contributed by atoms with Gasteiger partial charge in [0.25, 0.3) is 0 Å². The van der Waals surface area contributed by atoms with Crippen LogP contribution in [0.4, 0.5) is 0 Å². The summed E-state index contributed by atoms with van der Waals surface area (Å²) in [6, 6.07) is 19.4. The molecule has 0 aliphatic carbocycles. The number of aryl methyl sites for hydroxylation is 3. The van der Waals surface area contributed by atoms with Crippen molar-refractivity contribution in [3.8, 4) is 0 Å². The van der Waals surface area contributed by atoms with Gasteiger partial charge in [0.2, 0.25) is 30.1 Å². The van der Waals surface area contributed by atoms with E-state index in [1.807, 2.05) is 20.8 Å². The molecule has 3 aromatic carbocycles. The number of rotatable bonds is 18. The van der Waals surface area contributed by atoms with Gasteiger partial charge >= 0.3 is 0 Å². The first-order valence-corrected chi connectivity index (χ1v) is 18.1. The summed E-state index contributed by atoms with van der Waals surface area (Å²) in [6.07, 6.45) is 0. The van der Waals surface area contributed by atoms with E-state index in [4.69, 9.17) is 9.47 Å². The van der Waals surface area contributed by atoms with Crippen LogP contribution < -0.4 is 9.44 Å². The second-order valence-corrected chi connectivity index (χ2v) is 15.3. The van der Waals surface area contributed by atoms with E-state index in [2.05, 4.69) is 9.44 Å². The molecule has 0 amide bonds. The van der Waals surface area contributed by atoms with Gasteiger partial charge in [0.1, 0.15) is 0 Å². The van der Waals surface area contributed by atoms with Crippen LogP contribution in [0.3, 0.4) is 0 Å². The summed E-state index contributed by atoms with van der Waals surface area (Å²) in [5.74, 6) is 0. The van der Waals surface area contributed by atoms with E-state index < -0.39 is 30.1 Å². The van der Waals surface area contributed by atoms with Crippen LogP contribution in [0.1, 0.15) is 16.7 Å². The smallest absolute Gasteiger partial charge is 0.243 e. The maximum absolute atomic E-state index is 13.3. The second kappa shape index (κ2) is 15.9. The van der Waals surface area contributed by atoms with Crippen molar-refractivity contribution in [3.63, 3.8) is 0 Å². The Hall–Kier alpha value is -2.69. The van der Waals surface area contributed by atoms with Crippen molar-refractivity contribution in [2.24, 2.45) is 0 Å². The van der Waals surface area contributed by atoms with E-state index >= 15 is 0 Å². The largest absolute Gasteiger partial charge is 0.379 e. The van der Waals surface area contributed by atoms with Gasteiger partial charge in [-0.2, -0.15) is 4.31 Å². The number of hydrogen-bond acceptors (Lipinski definition) is 8. The molecule has 0 heterocycles. The van der Waals surface area contributed by atoms with Crippen molar-refractivity contribution in [1.82, 2.24) is 13.7 Å². The third kappa shape index (κ3) is 10.8. The highest BCUT2D eigenvalue weighted by Gasteiger charge is 2.24. The molecule has 43 heavy (non-hydrogen) atoms. The van der Waals surface area contributed by atoms with Crippen molar-refractivity contribution >= 4 is 30.1 Å². The predicted octanol–water partition coefficient (Wildman–Crippen LogP) is 2.59. The Morgan fingerprint density at radius 2 is 0.837 bits per heavy atom. The SMILES string of the molecule is Cc1ccc(S(=O)(=O)NCCOCCN(CCOCCNS(=O)(=O)c2ccc(C)cc2)S(=O)(=O)c2ccc(C)cc2)cc1. The molecule has 0 unspecified atom stereocenters. The van der Waals surface area contributed by atoms with Crippen LogP contribution in [0.2, 0.25) is 0 Å². The van der Waals surface area contributed by atoms with E-state index in [0.29, 0.717) is 0 Å². The Kier molecular flexibility index (Phi) is 12.8. The molecule has 236 valence electrons. The zero-order chi connectivity index (χ0) is 31.5. The van der Waals surface area contributed by atoms with Crippen LogP contribution in [0.15, 0.2) is 87.5 Å². The number of sulfonamides is 3. The van der Waals surface area contributed by atoms with E-state index in [1.54, 1.807) is 36.4 Å². The third-order valence-corrected chi connectivity index (χ3v) is 11.2. The van der Waals surface area contributed by atoms with Gasteiger partial charge in [0, 0.05) is 26.2 Å². The molecule has 0 spiro atoms. The summed E-state index contributed by atoms with van der Waals surface area (Å²) in [5.41, 5.74) is 2.81. The molecule has 0 aliphatic rings. The Morgan fingerprint density at radius 1 is 0.512 bits per heavy atom. The lowest BCUT2D eigenvalue weighted by molar-refractivity contribution is 0.104. The van der Waals surface area contributed by atoms with Gasteiger partial charge in [-0.3, -0.25) is 0 Å². The van der Waals surface area contributed by atoms with E-state index in [-0.39, 0.29) is 67.3 Å². The summed E-state index contributed by atoms with van der Waals surface area (Å²) in [5, 5.41) is 0. The summed E-state index contributed by atoms with van der Waals surface area (Å²) in [7, 11) is -11.3. The fourth-order valence-electron chi connectivity index (χ4n) is 3.85. The first-order valence-electron chi connectivity index (χ1n) is 13.7. The van der Waals surface area contributed by atoms with E-state index in [0.717, 1.165) is 16.7 Å². The summed E-state index contributed by atoms with van der Waals surface area (Å²) >= 11 is 0. The number of nitrogens with one attached hydrogen (secondary N) is 2. The van der Waals surface area contributed by atoms with Crippen LogP contribution in [0.25, 0.3) is 0 Å². The minimum Gasteiger partial charge on any atom is -0.379 e. The molecular formula is C29H39N3O8S3. The first kappa shape index (κ1) is 34.8. The zero-order valence-corrected chi connectivity index (χ0v) is 27.0. The lowest BCUT2D eigenvalue weighted by atomic mass is 10.2. The van der Waals surface area contributed by atoms with Crippen molar-refractivity contribution < 1.29 is 34.7 Å². The second-order valence-electron chi connectivity index (χ2n) is 9.86. The van der Waals surface area contributed by atoms with Gasteiger partial charge in [0.15, 0.2) is 0 Å². The molecule has 3 aromatic rings. The molecule has 0 bridgehead atoms. The Morgan fingerprint density at radius 3 is 1.19 bits per heavy atom. The average molecular weight is 654 g/mol. The summed E-state index contributed by atoms with van der Waals surface area (Å²) in [6.45, 7) is 5.76. The quantitative estimate of drug-likeness (QED) is 0.199. The molecular weight excluding hydrogens is 615 g/mol. The van der Waals surface area contributed by atoms with Crippen LogP contribution in [-0.4, -0.2) is 82.2 Å². The van der Waals surface area contributed by atoms with Crippen molar-refractivity contribution in [1.29, 1.82) is 0 Å². The monoisotopic (exact) mass is 653 g/mol. The van der Waals surface area contributed by atoms with Crippen LogP contribution in [-0.2, 0) is 39.5 Å². The highest BCUT2D eigenvalue weighted by molar-refractivity contribution is 7.90. The molecule has 0 saturated carbocycles. The van der Waals surface area contributed by atoms with Crippen LogP contribution >= 0.6 is 0 Å². The molecule has 0 fully saturated rings. The fraction of sp³-hybridized carbons (Fsp3) is 0.379. The van der Waals surface area contributed by atoms with E-state index in [9.17, 15) is 25.3 Å². The minimum atomic E-state index is -3.88. The molecule has 2 N–H and O–H groups in total. The lowest BCUT2D eigenvalue weighted by Crippen LogP contribution is -2.37. The maximum atomic E-state index is 13.3. The molecule has 0 atom stereocenters. The molecule has 0 radical (unpaired) electrons. The number of benzene rings is 3. The van der Waals surface area contributed by atoms with Gasteiger partial charge in [0.05, 0.1) is 41.1 Å². The highest BCUT2D eigenvalue weighted by Crippen LogP contribution is 2.16. The van der Waals surface area contributed by atoms with Gasteiger partial charge in [-0.1, -0.05) is 53.1 Å². The molecule has 11 nitrogen and oxygen atoms in total. The van der Waals surface area contributed by atoms with Crippen molar-refractivity contribution in [2.75, 3.05) is 52.6 Å². The Balaban J connectivity index is 1.49. The normalized spacial score (nSPS) is 12.6. The zero-order valence-electron chi connectivity index (χ0n) is 24.5. The third-order valence-electron chi connectivity index (χ3n) is 6.37. The number of ether oxygens (including phenoxy) is 2. The van der Waals surface area contributed by atoms with Gasteiger partial charge in [-0.25, -0.2) is 34.7 Å². The predicted molar refractivity (Wildman–Crippen MR) is 164 cm³/mol. The van der Waals surface area contributed by atoms with Gasteiger partial charge in [-0.05, 0) is 57.2 Å². The minimum absolute atomic E-state index is 0.00430. The lowest BCUT2D eigenvalue weighted by Gasteiger charge is -2.22. The molecule has 0 saturated heterocycles. The summed E-state index contributed by atoms with van der Waals surface area (Å²) in [4.78, 5) is 0.419. The standard InChI is InChI=1S/C29H39N3O8S3/c1-24-4-10-27(11-5-24)41(33,34)30-16-20-39-22-18-32(43(37,38)29-14-8-26(3)9-15-29)19-23-40-21-17-31-42(35,36)28-12-6-25(2)7-13-28/h4-15,30-31H,16-23H2,1-3H3. The Labute approximate surface area is 255 Å². The van der Waals surface area contributed by atoms with Gasteiger partial charge < -0.3 is 9.47 Å². The van der Waals surface area contributed by atoms with Crippen molar-refractivity contribution in [3.05, 3.63) is 89.5 Å². The molecule has 0 aliphatic heterocycles. The molecule has 0 aromatic heterocycles. The molecule has 3 rings (SSSR count). The fourth-order valence-corrected chi connectivity index (χ4v) is 7.28. The summed E-state index contributed by atoms with van der Waals surface area (Å²) < 4.78 is 93.6. The topological polar surface area (TPSA) is 148 Å². The molecule has 14 heteroatoms. The Bertz CT molecular complexity index is 1540. The van der Waals surface area contributed by atoms with Crippen molar-refractivity contribution in [2.45, 2.75) is 35.5 Å². The average Bonchev–Trinajstić information content (AvgIpc) is 2.96. The number of hydrogen-bond donors (Lipinski definition) is 2. The van der Waals surface area contributed by atoms with Crippen LogP contribution in [0, 0.1) is 20.8 Å². The number of nitrogens with zero attached hydrogens (tertiary/aromatic N) is 1. The first-order chi connectivity index (χ1) is 20.3. The van der Waals surface area contributed by atoms with Gasteiger partial charge in [-0.15, -0.1) is 0 Å². The highest BCUT2D eigenvalue weighted by atomic mass is 32.2.